The number of piperazine rings is 1. The lowest BCUT2D eigenvalue weighted by atomic mass is 10.0. The molecule has 0 spiro atoms. The third-order valence-corrected chi connectivity index (χ3v) is 6.28. The quantitative estimate of drug-likeness (QED) is 0.602. The fourth-order valence-electron chi connectivity index (χ4n) is 4.17. The highest BCUT2D eigenvalue weighted by Gasteiger charge is 2.30. The molecule has 3 aromatic rings. The number of aromatic nitrogens is 1. The number of halogens is 1. The van der Waals surface area contributed by atoms with Gasteiger partial charge in [0.2, 0.25) is 0 Å². The lowest BCUT2D eigenvalue weighted by molar-refractivity contribution is 0.0507. The van der Waals surface area contributed by atoms with Gasteiger partial charge in [-0.3, -0.25) is 4.79 Å². The molecule has 0 bridgehead atoms. The van der Waals surface area contributed by atoms with Crippen molar-refractivity contribution in [2.24, 2.45) is 5.73 Å². The molecule has 4 rings (SSSR count). The third-order valence-electron chi connectivity index (χ3n) is 5.96. The summed E-state index contributed by atoms with van der Waals surface area (Å²) in [7, 11) is 1.60. The van der Waals surface area contributed by atoms with Gasteiger partial charge in [-0.15, -0.1) is 0 Å². The van der Waals surface area contributed by atoms with Crippen molar-refractivity contribution in [1.29, 1.82) is 0 Å². The molecule has 9 heteroatoms. The molecule has 3 N–H and O–H groups in total. The van der Waals surface area contributed by atoms with Gasteiger partial charge in [0.25, 0.3) is 5.91 Å². The van der Waals surface area contributed by atoms with Gasteiger partial charge in [-0.05, 0) is 43.3 Å². The van der Waals surface area contributed by atoms with Crippen LogP contribution in [0.2, 0.25) is 5.02 Å². The van der Waals surface area contributed by atoms with Crippen molar-refractivity contribution in [1.82, 2.24) is 14.8 Å². The summed E-state index contributed by atoms with van der Waals surface area (Å²) in [5, 5.41) is 10.5. The maximum Gasteiger partial charge on any atom is 0.407 e. The number of hydrogen-bond donors (Lipinski definition) is 2. The number of carbonyl (C=O) groups is 2. The number of fused-ring (bicyclic) bond motifs is 1. The van der Waals surface area contributed by atoms with Crippen molar-refractivity contribution in [3.05, 3.63) is 58.6 Å². The van der Waals surface area contributed by atoms with E-state index in [1.807, 2.05) is 18.2 Å². The Balaban J connectivity index is 1.66. The number of carboxylic acid groups (broad SMARTS) is 1. The average molecular weight is 469 g/mol. The SMILES string of the molecule is COc1ccc(-c2cc(Cl)c3ccc(C(=O)N4CCN(C(=O)O)[C@H](C)C4)cc3n2)cc1CN. The van der Waals surface area contributed by atoms with E-state index in [1.54, 1.807) is 43.2 Å². The van der Waals surface area contributed by atoms with Gasteiger partial charge in [-0.25, -0.2) is 9.78 Å². The predicted octanol–water partition coefficient (Wildman–Crippen LogP) is 3.85. The zero-order chi connectivity index (χ0) is 23.7. The van der Waals surface area contributed by atoms with Crippen LogP contribution in [0.15, 0.2) is 42.5 Å². The Kier molecular flexibility index (Phi) is 6.40. The lowest BCUT2D eigenvalue weighted by Gasteiger charge is -2.38. The van der Waals surface area contributed by atoms with Gasteiger partial charge in [0.1, 0.15) is 5.75 Å². The molecule has 33 heavy (non-hydrogen) atoms. The average Bonchev–Trinajstić information content (AvgIpc) is 2.82. The standard InChI is InChI=1S/C24H25ClN4O4/c1-14-13-28(7-8-29(14)24(31)32)23(30)16-3-5-18-19(25)11-20(27-21(18)10-16)15-4-6-22(33-2)17(9-15)12-26/h3-6,9-11,14H,7-8,12-13,26H2,1-2H3,(H,31,32)/t14-/m1/s1. The number of nitrogens with two attached hydrogens (primary N) is 1. The molecular formula is C24H25ClN4O4. The summed E-state index contributed by atoms with van der Waals surface area (Å²) in [6.45, 7) is 3.09. The molecule has 1 aliphatic rings. The van der Waals surface area contributed by atoms with Crippen LogP contribution < -0.4 is 10.5 Å². The molecule has 1 saturated heterocycles. The Bertz CT molecular complexity index is 1230. The maximum absolute atomic E-state index is 13.1. The number of hydrogen-bond acceptors (Lipinski definition) is 5. The topological polar surface area (TPSA) is 109 Å². The molecule has 1 aromatic heterocycles. The van der Waals surface area contributed by atoms with Gasteiger partial charge in [0.05, 0.1) is 23.3 Å². The van der Waals surface area contributed by atoms with Gasteiger partial charge >= 0.3 is 6.09 Å². The second kappa shape index (κ2) is 9.25. The number of methoxy groups -OCH3 is 1. The van der Waals surface area contributed by atoms with E-state index in [1.165, 1.54) is 4.90 Å². The number of carbonyl (C=O) groups excluding carboxylic acids is 1. The molecule has 2 aromatic carbocycles. The van der Waals surface area contributed by atoms with E-state index in [0.717, 1.165) is 16.5 Å². The Morgan fingerprint density at radius 3 is 2.67 bits per heavy atom. The van der Waals surface area contributed by atoms with Crippen LogP contribution in [-0.2, 0) is 6.54 Å². The van der Waals surface area contributed by atoms with Crippen molar-refractivity contribution in [2.45, 2.75) is 19.5 Å². The molecule has 1 atom stereocenters. The Morgan fingerprint density at radius 1 is 1.21 bits per heavy atom. The number of ether oxygens (including phenoxy) is 1. The van der Waals surface area contributed by atoms with Crippen LogP contribution in [0.5, 0.6) is 5.75 Å². The largest absolute Gasteiger partial charge is 0.496 e. The number of rotatable bonds is 4. The van der Waals surface area contributed by atoms with Crippen LogP contribution in [0, 0.1) is 0 Å². The number of benzene rings is 2. The number of pyridine rings is 1. The van der Waals surface area contributed by atoms with Gasteiger partial charge in [-0.2, -0.15) is 0 Å². The van der Waals surface area contributed by atoms with Gasteiger partial charge in [-0.1, -0.05) is 17.7 Å². The second-order valence-corrected chi connectivity index (χ2v) is 8.44. The minimum atomic E-state index is -0.969. The molecule has 1 fully saturated rings. The molecule has 0 saturated carbocycles. The summed E-state index contributed by atoms with van der Waals surface area (Å²) in [6, 6.07) is 12.4. The number of amides is 2. The molecule has 0 aliphatic carbocycles. The maximum atomic E-state index is 13.1. The van der Waals surface area contributed by atoms with Crippen LogP contribution in [0.3, 0.4) is 0 Å². The van der Waals surface area contributed by atoms with E-state index >= 15 is 0 Å². The van der Waals surface area contributed by atoms with Crippen LogP contribution in [-0.4, -0.2) is 64.7 Å². The summed E-state index contributed by atoms with van der Waals surface area (Å²) in [4.78, 5) is 32.2. The first-order chi connectivity index (χ1) is 15.8. The molecule has 2 heterocycles. The summed E-state index contributed by atoms with van der Waals surface area (Å²) >= 11 is 6.54. The van der Waals surface area contributed by atoms with Crippen molar-refractivity contribution < 1.29 is 19.4 Å². The molecular weight excluding hydrogens is 444 g/mol. The van der Waals surface area contributed by atoms with E-state index in [-0.39, 0.29) is 18.5 Å². The van der Waals surface area contributed by atoms with Crippen molar-refractivity contribution in [3.63, 3.8) is 0 Å². The summed E-state index contributed by atoms with van der Waals surface area (Å²) < 4.78 is 5.34. The Labute approximate surface area is 196 Å². The summed E-state index contributed by atoms with van der Waals surface area (Å²) in [6.07, 6.45) is -0.969. The third kappa shape index (κ3) is 4.44. The molecule has 1 aliphatic heterocycles. The fourth-order valence-corrected chi connectivity index (χ4v) is 4.44. The smallest absolute Gasteiger partial charge is 0.407 e. The van der Waals surface area contributed by atoms with Gasteiger partial charge < -0.3 is 25.4 Å². The Morgan fingerprint density at radius 2 is 2.00 bits per heavy atom. The molecule has 0 radical (unpaired) electrons. The van der Waals surface area contributed by atoms with Crippen LogP contribution in [0.1, 0.15) is 22.8 Å². The predicted molar refractivity (Wildman–Crippen MR) is 127 cm³/mol. The van der Waals surface area contributed by atoms with Crippen molar-refractivity contribution >= 4 is 34.5 Å². The van der Waals surface area contributed by atoms with Gasteiger partial charge in [0.15, 0.2) is 0 Å². The minimum absolute atomic E-state index is 0.160. The zero-order valence-electron chi connectivity index (χ0n) is 18.4. The highest BCUT2D eigenvalue weighted by molar-refractivity contribution is 6.35. The van der Waals surface area contributed by atoms with E-state index < -0.39 is 6.09 Å². The highest BCUT2D eigenvalue weighted by atomic mass is 35.5. The summed E-state index contributed by atoms with van der Waals surface area (Å²) in [5.41, 5.74) is 9.29. The van der Waals surface area contributed by atoms with Crippen molar-refractivity contribution in [2.75, 3.05) is 26.7 Å². The van der Waals surface area contributed by atoms with E-state index in [0.29, 0.717) is 47.2 Å². The Hall–Kier alpha value is -3.36. The fraction of sp³-hybridized carbons (Fsp3) is 0.292. The van der Waals surface area contributed by atoms with Crippen LogP contribution >= 0.6 is 11.6 Å². The van der Waals surface area contributed by atoms with Gasteiger partial charge in [0, 0.05) is 54.3 Å². The molecule has 172 valence electrons. The first-order valence-corrected chi connectivity index (χ1v) is 11.0. The second-order valence-electron chi connectivity index (χ2n) is 8.03. The van der Waals surface area contributed by atoms with Crippen molar-refractivity contribution in [3.8, 4) is 17.0 Å². The van der Waals surface area contributed by atoms with E-state index in [9.17, 15) is 14.7 Å². The molecule has 2 amide bonds. The normalized spacial score (nSPS) is 16.2. The minimum Gasteiger partial charge on any atom is -0.496 e. The first-order valence-electron chi connectivity index (χ1n) is 10.6. The monoisotopic (exact) mass is 468 g/mol. The molecule has 8 nitrogen and oxygen atoms in total. The van der Waals surface area contributed by atoms with E-state index in [2.05, 4.69) is 0 Å². The first kappa shape index (κ1) is 22.8. The van der Waals surface area contributed by atoms with E-state index in [4.69, 9.17) is 27.1 Å². The lowest BCUT2D eigenvalue weighted by Crippen LogP contribution is -2.55. The van der Waals surface area contributed by atoms with Crippen LogP contribution in [0.4, 0.5) is 4.79 Å². The summed E-state index contributed by atoms with van der Waals surface area (Å²) in [5.74, 6) is 0.547. The highest BCUT2D eigenvalue weighted by Crippen LogP contribution is 2.31. The van der Waals surface area contributed by atoms with Crippen LogP contribution in [0.25, 0.3) is 22.2 Å². The molecule has 0 unspecified atom stereocenters. The number of nitrogens with zero attached hydrogens (tertiary/aromatic N) is 3. The zero-order valence-corrected chi connectivity index (χ0v) is 19.2.